The van der Waals surface area contributed by atoms with Crippen LogP contribution in [0.25, 0.3) is 28.4 Å². The summed E-state index contributed by atoms with van der Waals surface area (Å²) in [6.45, 7) is 2.99. The van der Waals surface area contributed by atoms with Crippen molar-refractivity contribution < 1.29 is 31.9 Å². The molecule has 220 valence electrons. The van der Waals surface area contributed by atoms with E-state index in [0.717, 1.165) is 16.1 Å². The number of hydrogen-bond donors (Lipinski definition) is 3. The van der Waals surface area contributed by atoms with Crippen LogP contribution in [0, 0.1) is 5.82 Å². The van der Waals surface area contributed by atoms with Crippen molar-refractivity contribution in [2.45, 2.75) is 19.4 Å². The Morgan fingerprint density at radius 2 is 1.74 bits per heavy atom. The molecular weight excluding hydrogens is 561 g/mol. The maximum Gasteiger partial charge on any atom is 0.255 e. The Morgan fingerprint density at radius 3 is 2.33 bits per heavy atom. The molecular formula is C31H32FN3O6S. The van der Waals surface area contributed by atoms with Gasteiger partial charge in [0.05, 0.1) is 36.2 Å². The third-order valence-electron chi connectivity index (χ3n) is 6.72. The number of amides is 2. The second kappa shape index (κ2) is 12.2. The molecule has 4 aromatic rings. The van der Waals surface area contributed by atoms with Gasteiger partial charge in [-0.05, 0) is 61.4 Å². The quantitative estimate of drug-likeness (QED) is 0.234. The monoisotopic (exact) mass is 593 g/mol. The van der Waals surface area contributed by atoms with Crippen LogP contribution in [0.3, 0.4) is 0 Å². The fourth-order valence-electron chi connectivity index (χ4n) is 4.65. The van der Waals surface area contributed by atoms with Gasteiger partial charge in [0.1, 0.15) is 17.2 Å². The van der Waals surface area contributed by atoms with E-state index in [4.69, 9.17) is 4.42 Å². The van der Waals surface area contributed by atoms with E-state index in [1.807, 2.05) is 44.2 Å². The molecule has 0 unspecified atom stereocenters. The van der Waals surface area contributed by atoms with E-state index >= 15 is 0 Å². The molecule has 0 aliphatic heterocycles. The Bertz CT molecular complexity index is 1750. The Balaban J connectivity index is 1.88. The lowest BCUT2D eigenvalue weighted by Gasteiger charge is -2.26. The summed E-state index contributed by atoms with van der Waals surface area (Å²) >= 11 is 0. The third kappa shape index (κ3) is 6.53. The van der Waals surface area contributed by atoms with Crippen molar-refractivity contribution in [1.82, 2.24) is 10.6 Å². The number of sulfonamides is 1. The summed E-state index contributed by atoms with van der Waals surface area (Å²) in [5.41, 5.74) is 1.37. The van der Waals surface area contributed by atoms with Crippen molar-refractivity contribution >= 4 is 44.6 Å². The molecule has 4 rings (SSSR count). The number of benzene rings is 3. The zero-order chi connectivity index (χ0) is 30.7. The van der Waals surface area contributed by atoms with Crippen molar-refractivity contribution in [3.63, 3.8) is 0 Å². The lowest BCUT2D eigenvalue weighted by atomic mass is 9.94. The van der Waals surface area contributed by atoms with Gasteiger partial charge in [0, 0.05) is 30.1 Å². The number of furan rings is 1. The summed E-state index contributed by atoms with van der Waals surface area (Å²) in [5, 5.41) is 15.5. The number of carbonyl (C=O) groups excluding carboxylic acids is 2. The highest BCUT2D eigenvalue weighted by Gasteiger charge is 2.27. The Labute approximate surface area is 243 Å². The molecule has 9 nitrogen and oxygen atoms in total. The molecule has 11 heteroatoms. The molecule has 2 amide bonds. The maximum atomic E-state index is 13.6. The van der Waals surface area contributed by atoms with Crippen LogP contribution >= 0.6 is 0 Å². The third-order valence-corrected chi connectivity index (χ3v) is 7.90. The molecule has 0 spiro atoms. The topological polar surface area (TPSA) is 129 Å². The molecule has 1 heterocycles. The molecule has 0 atom stereocenters. The fraction of sp³-hybridized carbons (Fsp3) is 0.226. The minimum absolute atomic E-state index is 0.133. The summed E-state index contributed by atoms with van der Waals surface area (Å²) in [6.07, 6.45) is 3.71. The average Bonchev–Trinajstić information content (AvgIpc) is 3.32. The second-order valence-electron chi connectivity index (χ2n) is 10.2. The summed E-state index contributed by atoms with van der Waals surface area (Å²) < 4.78 is 46.2. The van der Waals surface area contributed by atoms with E-state index < -0.39 is 39.8 Å². The number of aliphatic hydroxyl groups is 1. The first-order chi connectivity index (χ1) is 19.9. The lowest BCUT2D eigenvalue weighted by Crippen LogP contribution is -2.40. The molecule has 1 aromatic heterocycles. The van der Waals surface area contributed by atoms with Gasteiger partial charge in [-0.15, -0.1) is 0 Å². The number of nitrogens with one attached hydrogen (secondary N) is 2. The van der Waals surface area contributed by atoms with Gasteiger partial charge in [0.2, 0.25) is 15.9 Å². The van der Waals surface area contributed by atoms with Gasteiger partial charge in [-0.3, -0.25) is 13.9 Å². The molecule has 0 aliphatic carbocycles. The van der Waals surface area contributed by atoms with Gasteiger partial charge in [0.25, 0.3) is 5.91 Å². The number of nitrogens with zero attached hydrogens (tertiary/aromatic N) is 1. The largest absolute Gasteiger partial charge is 0.455 e. The van der Waals surface area contributed by atoms with Crippen LogP contribution in [0.4, 0.5) is 10.1 Å². The van der Waals surface area contributed by atoms with Crippen molar-refractivity contribution in [1.29, 1.82) is 0 Å². The molecule has 0 fully saturated rings. The van der Waals surface area contributed by atoms with Gasteiger partial charge >= 0.3 is 0 Å². The van der Waals surface area contributed by atoms with Crippen LogP contribution in [-0.2, 0) is 20.4 Å². The molecule has 0 aliphatic rings. The molecule has 0 saturated carbocycles. The van der Waals surface area contributed by atoms with E-state index in [-0.39, 0.29) is 34.7 Å². The predicted molar refractivity (Wildman–Crippen MR) is 161 cm³/mol. The molecule has 0 radical (unpaired) electrons. The number of rotatable bonds is 10. The molecule has 42 heavy (non-hydrogen) atoms. The number of carbonyl (C=O) groups is 2. The number of fused-ring (bicyclic) bond motifs is 1. The Kier molecular flexibility index (Phi) is 8.83. The first-order valence-corrected chi connectivity index (χ1v) is 14.9. The minimum Gasteiger partial charge on any atom is -0.455 e. The standard InChI is InChI=1S/C31H32FN3O6S/c1-31(2,22-8-6-5-7-9-22)34-27(37)15-12-21-18-24-26(19-25(21)35(16-17-36)42(4,39)40)41-29(28(24)30(38)33-3)20-10-13-23(32)14-11-20/h5-15,18-19,36H,16-17H2,1-4H3,(H,33,38)(H,34,37)/b15-12+. The van der Waals surface area contributed by atoms with Crippen molar-refractivity contribution in [2.75, 3.05) is 30.8 Å². The highest BCUT2D eigenvalue weighted by Crippen LogP contribution is 2.38. The highest BCUT2D eigenvalue weighted by molar-refractivity contribution is 7.92. The van der Waals surface area contributed by atoms with Crippen LogP contribution in [0.15, 0.2) is 77.2 Å². The van der Waals surface area contributed by atoms with E-state index in [1.165, 1.54) is 49.5 Å². The molecule has 3 N–H and O–H groups in total. The van der Waals surface area contributed by atoms with Crippen LogP contribution in [0.1, 0.15) is 35.3 Å². The predicted octanol–water partition coefficient (Wildman–Crippen LogP) is 4.42. The van der Waals surface area contributed by atoms with Gasteiger partial charge in [-0.2, -0.15) is 0 Å². The zero-order valence-electron chi connectivity index (χ0n) is 23.6. The van der Waals surface area contributed by atoms with Crippen LogP contribution < -0.4 is 14.9 Å². The second-order valence-corrected chi connectivity index (χ2v) is 12.1. The van der Waals surface area contributed by atoms with Gasteiger partial charge in [-0.25, -0.2) is 12.8 Å². The SMILES string of the molecule is CNC(=O)c1c(-c2ccc(F)cc2)oc2cc(N(CCO)S(C)(=O)=O)c(/C=C/C(=O)NC(C)(C)c3ccccc3)cc12. The van der Waals surface area contributed by atoms with E-state index in [2.05, 4.69) is 10.6 Å². The smallest absolute Gasteiger partial charge is 0.255 e. The molecule has 3 aromatic carbocycles. The lowest BCUT2D eigenvalue weighted by molar-refractivity contribution is -0.118. The van der Waals surface area contributed by atoms with Crippen LogP contribution in [0.5, 0.6) is 0 Å². The van der Waals surface area contributed by atoms with Crippen molar-refractivity contribution in [3.8, 4) is 11.3 Å². The van der Waals surface area contributed by atoms with Crippen molar-refractivity contribution in [3.05, 3.63) is 95.3 Å². The van der Waals surface area contributed by atoms with Gasteiger partial charge < -0.3 is 20.2 Å². The van der Waals surface area contributed by atoms with E-state index in [0.29, 0.717) is 10.9 Å². The summed E-state index contributed by atoms with van der Waals surface area (Å²) in [7, 11) is -2.43. The zero-order valence-corrected chi connectivity index (χ0v) is 24.5. The number of halogens is 1. The first kappa shape index (κ1) is 30.5. The van der Waals surface area contributed by atoms with Gasteiger partial charge in [-0.1, -0.05) is 30.3 Å². The van der Waals surface area contributed by atoms with E-state index in [1.54, 1.807) is 6.07 Å². The Hall–Kier alpha value is -4.48. The summed E-state index contributed by atoms with van der Waals surface area (Å²) in [5.74, 6) is -1.22. The van der Waals surface area contributed by atoms with Crippen LogP contribution in [-0.4, -0.2) is 51.8 Å². The molecule has 0 bridgehead atoms. The number of hydrogen-bond acceptors (Lipinski definition) is 6. The highest BCUT2D eigenvalue weighted by atomic mass is 32.2. The van der Waals surface area contributed by atoms with E-state index in [9.17, 15) is 27.5 Å². The first-order valence-electron chi connectivity index (χ1n) is 13.1. The number of anilines is 1. The van der Waals surface area contributed by atoms with Crippen molar-refractivity contribution in [2.24, 2.45) is 0 Å². The molecule has 0 saturated heterocycles. The summed E-state index contributed by atoms with van der Waals surface area (Å²) in [6, 6.07) is 17.8. The van der Waals surface area contributed by atoms with Crippen LogP contribution in [0.2, 0.25) is 0 Å². The Morgan fingerprint density at radius 1 is 1.07 bits per heavy atom. The number of aliphatic hydroxyl groups excluding tert-OH is 1. The minimum atomic E-state index is -3.88. The maximum absolute atomic E-state index is 13.6. The normalized spacial score (nSPS) is 12.0. The summed E-state index contributed by atoms with van der Waals surface area (Å²) in [4.78, 5) is 26.1. The fourth-order valence-corrected chi connectivity index (χ4v) is 5.58. The van der Waals surface area contributed by atoms with Gasteiger partial charge in [0.15, 0.2) is 0 Å². The average molecular weight is 594 g/mol.